The van der Waals surface area contributed by atoms with Crippen molar-refractivity contribution in [1.82, 2.24) is 9.88 Å². The molecule has 0 radical (unpaired) electrons. The van der Waals surface area contributed by atoms with Gasteiger partial charge in [-0.3, -0.25) is 14.9 Å². The van der Waals surface area contributed by atoms with Crippen molar-refractivity contribution in [3.8, 4) is 11.3 Å². The van der Waals surface area contributed by atoms with Crippen LogP contribution in [0.1, 0.15) is 12.8 Å². The molecule has 0 bridgehead atoms. The summed E-state index contributed by atoms with van der Waals surface area (Å²) in [6.07, 6.45) is 4.07. The Kier molecular flexibility index (Phi) is 4.74. The normalized spacial score (nSPS) is 15.1. The van der Waals surface area contributed by atoms with Gasteiger partial charge in [-0.25, -0.2) is 0 Å². The fourth-order valence-corrected chi connectivity index (χ4v) is 2.77. The zero-order valence-corrected chi connectivity index (χ0v) is 13.3. The fourth-order valence-electron chi connectivity index (χ4n) is 2.77. The van der Waals surface area contributed by atoms with Crippen LogP contribution >= 0.6 is 0 Å². The lowest BCUT2D eigenvalue weighted by atomic mass is 9.96. The molecule has 1 aliphatic rings. The minimum Gasteiger partial charge on any atom is -0.431 e. The lowest BCUT2D eigenvalue weighted by molar-refractivity contribution is -0.130. The van der Waals surface area contributed by atoms with Crippen molar-refractivity contribution in [1.29, 1.82) is 0 Å². The van der Waals surface area contributed by atoms with Crippen LogP contribution in [0.3, 0.4) is 0 Å². The third kappa shape index (κ3) is 3.53. The molecule has 1 aromatic heterocycles. The molecule has 1 aliphatic heterocycles. The van der Waals surface area contributed by atoms with Gasteiger partial charge < -0.3 is 9.32 Å². The number of likely N-dealkylation sites (tertiary alicyclic amines) is 1. The number of carbonyl (C=O) groups is 2. The molecule has 2 aromatic rings. The molecule has 0 saturated carbocycles. The predicted molar refractivity (Wildman–Crippen MR) is 90.1 cm³/mol. The van der Waals surface area contributed by atoms with Crippen LogP contribution in [0.25, 0.3) is 11.3 Å². The summed E-state index contributed by atoms with van der Waals surface area (Å²) in [4.78, 5) is 29.9. The molecule has 0 spiro atoms. The Morgan fingerprint density at radius 1 is 1.25 bits per heavy atom. The van der Waals surface area contributed by atoms with Gasteiger partial charge in [0.25, 0.3) is 0 Å². The summed E-state index contributed by atoms with van der Waals surface area (Å²) in [5.41, 5.74) is 1.61. The molecule has 24 heavy (non-hydrogen) atoms. The maximum absolute atomic E-state index is 12.3. The first kappa shape index (κ1) is 16.0. The van der Waals surface area contributed by atoms with Gasteiger partial charge in [-0.15, -0.1) is 0 Å². The molecule has 2 heterocycles. The van der Waals surface area contributed by atoms with Gasteiger partial charge in [-0.05, 0) is 18.9 Å². The van der Waals surface area contributed by atoms with E-state index in [-0.39, 0.29) is 23.7 Å². The Hall–Kier alpha value is -2.89. The van der Waals surface area contributed by atoms with Gasteiger partial charge in [-0.1, -0.05) is 36.9 Å². The number of nitrogens with one attached hydrogen (secondary N) is 1. The van der Waals surface area contributed by atoms with Crippen molar-refractivity contribution < 1.29 is 14.0 Å². The Morgan fingerprint density at radius 3 is 2.62 bits per heavy atom. The van der Waals surface area contributed by atoms with Gasteiger partial charge >= 0.3 is 6.01 Å². The SMILES string of the molecule is C=CC(=O)N1CCC(C(=O)Nc2nc(-c3ccccc3)co2)CC1. The molecule has 2 amide bonds. The van der Waals surface area contributed by atoms with Crippen LogP contribution in [0.2, 0.25) is 0 Å². The highest BCUT2D eigenvalue weighted by Crippen LogP contribution is 2.22. The van der Waals surface area contributed by atoms with Crippen molar-refractivity contribution >= 4 is 17.8 Å². The van der Waals surface area contributed by atoms with E-state index in [1.54, 1.807) is 4.90 Å². The topological polar surface area (TPSA) is 75.4 Å². The van der Waals surface area contributed by atoms with Crippen LogP contribution < -0.4 is 5.32 Å². The van der Waals surface area contributed by atoms with Crippen molar-refractivity contribution in [3.63, 3.8) is 0 Å². The molecule has 1 saturated heterocycles. The average molecular weight is 325 g/mol. The van der Waals surface area contributed by atoms with Gasteiger partial charge in [0.15, 0.2) is 0 Å². The zero-order valence-electron chi connectivity index (χ0n) is 13.3. The number of anilines is 1. The first-order valence-corrected chi connectivity index (χ1v) is 7.90. The van der Waals surface area contributed by atoms with Crippen molar-refractivity contribution in [2.24, 2.45) is 5.92 Å². The number of nitrogens with zero attached hydrogens (tertiary/aromatic N) is 2. The van der Waals surface area contributed by atoms with E-state index in [4.69, 9.17) is 4.42 Å². The molecule has 3 rings (SSSR count). The molecule has 6 heteroatoms. The van der Waals surface area contributed by atoms with E-state index < -0.39 is 0 Å². The van der Waals surface area contributed by atoms with E-state index in [1.807, 2.05) is 30.3 Å². The molecule has 1 aromatic carbocycles. The number of oxazole rings is 1. The van der Waals surface area contributed by atoms with Gasteiger partial charge in [0.05, 0.1) is 0 Å². The van der Waals surface area contributed by atoms with E-state index in [9.17, 15) is 9.59 Å². The number of carbonyl (C=O) groups excluding carboxylic acids is 2. The van der Waals surface area contributed by atoms with Gasteiger partial charge in [-0.2, -0.15) is 4.98 Å². The Labute approximate surface area is 140 Å². The highest BCUT2D eigenvalue weighted by Gasteiger charge is 2.27. The van der Waals surface area contributed by atoms with Crippen molar-refractivity contribution in [2.45, 2.75) is 12.8 Å². The number of piperidine rings is 1. The third-order valence-corrected chi connectivity index (χ3v) is 4.16. The summed E-state index contributed by atoms with van der Waals surface area (Å²) in [6.45, 7) is 4.60. The Morgan fingerprint density at radius 2 is 1.96 bits per heavy atom. The van der Waals surface area contributed by atoms with Gasteiger partial charge in [0.1, 0.15) is 12.0 Å². The van der Waals surface area contributed by atoms with Crippen LogP contribution in [-0.4, -0.2) is 34.8 Å². The lowest BCUT2D eigenvalue weighted by Crippen LogP contribution is -2.40. The molecule has 1 N–H and O–H groups in total. The molecule has 124 valence electrons. The van der Waals surface area contributed by atoms with Crippen LogP contribution in [0.15, 0.2) is 53.7 Å². The van der Waals surface area contributed by atoms with E-state index in [0.717, 1.165) is 5.56 Å². The molecule has 0 aliphatic carbocycles. The van der Waals surface area contributed by atoms with Crippen LogP contribution in [-0.2, 0) is 9.59 Å². The summed E-state index contributed by atoms with van der Waals surface area (Å²) in [5, 5.41) is 2.72. The first-order chi connectivity index (χ1) is 11.7. The highest BCUT2D eigenvalue weighted by atomic mass is 16.4. The zero-order chi connectivity index (χ0) is 16.9. The fraction of sp³-hybridized carbons (Fsp3) is 0.278. The van der Waals surface area contributed by atoms with Crippen LogP contribution in [0.4, 0.5) is 6.01 Å². The predicted octanol–water partition coefficient (Wildman–Crippen LogP) is 2.70. The maximum Gasteiger partial charge on any atom is 0.301 e. The second-order valence-electron chi connectivity index (χ2n) is 5.70. The van der Waals surface area contributed by atoms with Gasteiger partial charge in [0, 0.05) is 24.6 Å². The number of hydrogen-bond donors (Lipinski definition) is 1. The smallest absolute Gasteiger partial charge is 0.301 e. The van der Waals surface area contributed by atoms with E-state index in [0.29, 0.717) is 31.6 Å². The van der Waals surface area contributed by atoms with Crippen LogP contribution in [0, 0.1) is 5.92 Å². The number of hydrogen-bond acceptors (Lipinski definition) is 4. The number of benzene rings is 1. The Bertz CT molecular complexity index is 731. The molecule has 0 unspecified atom stereocenters. The summed E-state index contributed by atoms with van der Waals surface area (Å²) < 4.78 is 5.34. The summed E-state index contributed by atoms with van der Waals surface area (Å²) in [5.74, 6) is -0.359. The summed E-state index contributed by atoms with van der Waals surface area (Å²) in [6, 6.07) is 9.81. The van der Waals surface area contributed by atoms with Crippen molar-refractivity contribution in [3.05, 3.63) is 49.2 Å². The van der Waals surface area contributed by atoms with E-state index in [2.05, 4.69) is 16.9 Å². The average Bonchev–Trinajstić information content (AvgIpc) is 3.10. The molecule has 6 nitrogen and oxygen atoms in total. The number of amides is 2. The highest BCUT2D eigenvalue weighted by molar-refractivity contribution is 5.91. The second-order valence-corrected chi connectivity index (χ2v) is 5.70. The lowest BCUT2D eigenvalue weighted by Gasteiger charge is -2.30. The summed E-state index contributed by atoms with van der Waals surface area (Å²) >= 11 is 0. The van der Waals surface area contributed by atoms with Crippen molar-refractivity contribution in [2.75, 3.05) is 18.4 Å². The number of rotatable bonds is 4. The molecule has 0 atom stereocenters. The van der Waals surface area contributed by atoms with E-state index in [1.165, 1.54) is 12.3 Å². The largest absolute Gasteiger partial charge is 0.431 e. The molecule has 1 fully saturated rings. The minimum absolute atomic E-state index is 0.0888. The Balaban J connectivity index is 1.57. The second kappa shape index (κ2) is 7.12. The van der Waals surface area contributed by atoms with Crippen LogP contribution in [0.5, 0.6) is 0 Å². The third-order valence-electron chi connectivity index (χ3n) is 4.16. The van der Waals surface area contributed by atoms with E-state index >= 15 is 0 Å². The maximum atomic E-state index is 12.3. The minimum atomic E-state index is -0.147. The monoisotopic (exact) mass is 325 g/mol. The quantitative estimate of drug-likeness (QED) is 0.877. The summed E-state index contributed by atoms with van der Waals surface area (Å²) in [7, 11) is 0. The van der Waals surface area contributed by atoms with Gasteiger partial charge in [0.2, 0.25) is 11.8 Å². The molecular formula is C18H19N3O3. The standard InChI is InChI=1S/C18H19N3O3/c1-2-16(22)21-10-8-14(9-11-21)17(23)20-18-19-15(12-24-18)13-6-4-3-5-7-13/h2-7,12,14H,1,8-11H2,(H,19,20,23). The number of aromatic nitrogens is 1. The first-order valence-electron chi connectivity index (χ1n) is 7.90. The molecular weight excluding hydrogens is 306 g/mol.